The summed E-state index contributed by atoms with van der Waals surface area (Å²) < 4.78 is 0. The Morgan fingerprint density at radius 1 is 0.750 bits per heavy atom. The van der Waals surface area contributed by atoms with Crippen LogP contribution in [0.15, 0.2) is 71.9 Å². The monoisotopic (exact) mass is 458 g/mol. The number of carbonyl (C=O) groups excluding carboxylic acids is 2. The largest absolute Gasteiger partial charge is 0.293 e. The summed E-state index contributed by atoms with van der Waals surface area (Å²) >= 11 is 2.91. The summed E-state index contributed by atoms with van der Waals surface area (Å²) in [5, 5.41) is 3.98. The van der Waals surface area contributed by atoms with Crippen molar-refractivity contribution in [2.75, 3.05) is 0 Å². The minimum Gasteiger partial charge on any atom is -0.293 e. The van der Waals surface area contributed by atoms with Gasteiger partial charge in [-0.3, -0.25) is 19.6 Å². The van der Waals surface area contributed by atoms with Crippen LogP contribution in [0, 0.1) is 25.7 Å². The van der Waals surface area contributed by atoms with Gasteiger partial charge in [-0.25, -0.2) is 0 Å². The molecule has 1 aliphatic carbocycles. The molecule has 4 aromatic heterocycles. The summed E-state index contributed by atoms with van der Waals surface area (Å²) in [6.07, 6.45) is 7.11. The number of rotatable bonds is 6. The molecule has 1 aliphatic rings. The van der Waals surface area contributed by atoms with Crippen LogP contribution in [0.3, 0.4) is 0 Å². The van der Waals surface area contributed by atoms with Crippen LogP contribution in [0.5, 0.6) is 0 Å². The molecule has 0 bridgehead atoms. The first-order valence-corrected chi connectivity index (χ1v) is 12.3. The van der Waals surface area contributed by atoms with Gasteiger partial charge in [-0.2, -0.15) is 0 Å². The lowest BCUT2D eigenvalue weighted by atomic mass is 9.50. The number of ketones is 2. The molecule has 0 aromatic carbocycles. The van der Waals surface area contributed by atoms with Crippen LogP contribution in [0.1, 0.15) is 53.4 Å². The molecule has 4 heterocycles. The molecular weight excluding hydrogens is 436 g/mol. The second kappa shape index (κ2) is 8.52. The molecule has 1 saturated carbocycles. The van der Waals surface area contributed by atoms with Crippen LogP contribution in [0.4, 0.5) is 0 Å². The summed E-state index contributed by atoms with van der Waals surface area (Å²) in [6, 6.07) is 11.7. The summed E-state index contributed by atoms with van der Waals surface area (Å²) in [4.78, 5) is 37.6. The highest BCUT2D eigenvalue weighted by Gasteiger charge is 2.58. The van der Waals surface area contributed by atoms with Crippen molar-refractivity contribution in [1.29, 1.82) is 0 Å². The first-order valence-electron chi connectivity index (χ1n) is 10.5. The van der Waals surface area contributed by atoms with Crippen LogP contribution in [0.2, 0.25) is 0 Å². The quantitative estimate of drug-likeness (QED) is 0.328. The highest BCUT2D eigenvalue weighted by Crippen LogP contribution is 2.59. The lowest BCUT2D eigenvalue weighted by Crippen LogP contribution is -2.51. The van der Waals surface area contributed by atoms with Crippen LogP contribution < -0.4 is 0 Å². The van der Waals surface area contributed by atoms with Crippen molar-refractivity contribution in [1.82, 2.24) is 9.97 Å². The van der Waals surface area contributed by atoms with Crippen LogP contribution in [-0.2, 0) is 0 Å². The van der Waals surface area contributed by atoms with Gasteiger partial charge in [0.15, 0.2) is 11.6 Å². The highest BCUT2D eigenvalue weighted by atomic mass is 32.1. The van der Waals surface area contributed by atoms with Gasteiger partial charge in [0, 0.05) is 48.5 Å². The molecule has 4 aromatic rings. The van der Waals surface area contributed by atoms with Crippen molar-refractivity contribution < 1.29 is 9.59 Å². The Balaban J connectivity index is 1.64. The van der Waals surface area contributed by atoms with Gasteiger partial charge in [0.2, 0.25) is 0 Å². The molecule has 0 saturated heterocycles. The number of pyridine rings is 2. The molecule has 1 fully saturated rings. The molecule has 4 atom stereocenters. The zero-order valence-electron chi connectivity index (χ0n) is 17.8. The van der Waals surface area contributed by atoms with Crippen molar-refractivity contribution in [2.45, 2.75) is 25.7 Å². The number of hydrogen-bond acceptors (Lipinski definition) is 6. The van der Waals surface area contributed by atoms with Gasteiger partial charge in [0.1, 0.15) is 0 Å². The average molecular weight is 459 g/mol. The Labute approximate surface area is 195 Å². The van der Waals surface area contributed by atoms with Crippen molar-refractivity contribution in [3.05, 3.63) is 104 Å². The van der Waals surface area contributed by atoms with E-state index < -0.39 is 11.8 Å². The molecule has 0 spiro atoms. The third-order valence-electron chi connectivity index (χ3n) is 6.24. The molecule has 0 unspecified atom stereocenters. The Hall–Kier alpha value is -2.96. The SMILES string of the molecule is Cc1csc(C(=O)[C@@H]2[C@@H](C(=O)c3cc(C)cs3)[C@H](c3cccnc3)[C@H]2c2cccnc2)c1. The highest BCUT2D eigenvalue weighted by molar-refractivity contribution is 7.12. The maximum atomic E-state index is 13.8. The normalized spacial score (nSPS) is 22.3. The molecule has 4 nitrogen and oxygen atoms in total. The predicted molar refractivity (Wildman–Crippen MR) is 128 cm³/mol. The second-order valence-electron chi connectivity index (χ2n) is 8.38. The van der Waals surface area contributed by atoms with E-state index in [1.807, 2.05) is 73.4 Å². The lowest BCUT2D eigenvalue weighted by molar-refractivity contribution is 0.0460. The summed E-state index contributed by atoms with van der Waals surface area (Å²) in [5.41, 5.74) is 4.10. The van der Waals surface area contributed by atoms with Crippen molar-refractivity contribution >= 4 is 34.2 Å². The molecule has 6 heteroatoms. The van der Waals surface area contributed by atoms with E-state index in [1.54, 1.807) is 12.4 Å². The maximum Gasteiger partial charge on any atom is 0.177 e. The van der Waals surface area contributed by atoms with Crippen molar-refractivity contribution in [3.8, 4) is 0 Å². The molecule has 0 amide bonds. The summed E-state index contributed by atoms with van der Waals surface area (Å²) in [5.74, 6) is -1.03. The molecule has 5 rings (SSSR count). The Morgan fingerprint density at radius 3 is 1.50 bits per heavy atom. The number of Topliss-reactive ketones (excluding diaryl/α,β-unsaturated/α-hetero) is 2. The first kappa shape index (κ1) is 20.9. The van der Waals surface area contributed by atoms with Gasteiger partial charge in [0.05, 0.1) is 9.75 Å². The lowest BCUT2D eigenvalue weighted by Gasteiger charge is -2.50. The number of carbonyl (C=O) groups is 2. The first-order chi connectivity index (χ1) is 15.5. The van der Waals surface area contributed by atoms with E-state index in [4.69, 9.17) is 0 Å². The van der Waals surface area contributed by atoms with E-state index in [2.05, 4.69) is 9.97 Å². The smallest absolute Gasteiger partial charge is 0.177 e. The fourth-order valence-electron chi connectivity index (χ4n) is 4.83. The zero-order chi connectivity index (χ0) is 22.2. The Morgan fingerprint density at radius 2 is 1.19 bits per heavy atom. The molecule has 160 valence electrons. The Bertz CT molecular complexity index is 1160. The number of nitrogens with zero attached hydrogens (tertiary/aromatic N) is 2. The van der Waals surface area contributed by atoms with E-state index in [1.165, 1.54) is 22.7 Å². The van der Waals surface area contributed by atoms with E-state index in [0.717, 1.165) is 22.3 Å². The summed E-state index contributed by atoms with van der Waals surface area (Å²) in [6.45, 7) is 3.98. The fraction of sp³-hybridized carbons (Fsp3) is 0.231. The van der Waals surface area contributed by atoms with Crippen molar-refractivity contribution in [2.24, 2.45) is 11.8 Å². The van der Waals surface area contributed by atoms with Crippen LogP contribution in [-0.4, -0.2) is 21.5 Å². The van der Waals surface area contributed by atoms with Crippen molar-refractivity contribution in [3.63, 3.8) is 0 Å². The summed E-state index contributed by atoms with van der Waals surface area (Å²) in [7, 11) is 0. The average Bonchev–Trinajstić information content (AvgIpc) is 3.43. The van der Waals surface area contributed by atoms with E-state index >= 15 is 0 Å². The molecule has 0 radical (unpaired) electrons. The third kappa shape index (κ3) is 3.63. The van der Waals surface area contributed by atoms with Crippen LogP contribution >= 0.6 is 22.7 Å². The topological polar surface area (TPSA) is 59.9 Å². The molecular formula is C26H22N2O2S2. The van der Waals surface area contributed by atoms with E-state index in [0.29, 0.717) is 9.75 Å². The van der Waals surface area contributed by atoms with Gasteiger partial charge in [-0.15, -0.1) is 22.7 Å². The second-order valence-corrected chi connectivity index (χ2v) is 10.2. The number of aryl methyl sites for hydroxylation is 2. The molecule has 0 N–H and O–H groups in total. The maximum absolute atomic E-state index is 13.8. The minimum absolute atomic E-state index is 0.0451. The Kier molecular flexibility index (Phi) is 5.57. The van der Waals surface area contributed by atoms with Gasteiger partial charge in [-0.1, -0.05) is 12.1 Å². The fourth-order valence-corrected chi connectivity index (χ4v) is 6.60. The predicted octanol–water partition coefficient (Wildman–Crippen LogP) is 6.10. The third-order valence-corrected chi connectivity index (χ3v) is 8.36. The number of aromatic nitrogens is 2. The number of thiophene rings is 2. The van der Waals surface area contributed by atoms with Gasteiger partial charge in [-0.05, 0) is 71.1 Å². The standard InChI is InChI=1S/C26H22N2O2S2/c1-15-9-19(31-13-15)25(29)23-21(17-5-3-7-27-11-17)22(18-6-4-8-28-12-18)24(23)26(30)20-10-16(2)14-32-20/h3-14,21-24H,1-2H3/t21-,22-,23+,24+/m1/s1. The van der Waals surface area contributed by atoms with E-state index in [9.17, 15) is 9.59 Å². The van der Waals surface area contributed by atoms with Crippen LogP contribution in [0.25, 0.3) is 0 Å². The minimum atomic E-state index is -0.433. The van der Waals surface area contributed by atoms with Gasteiger partial charge in [0.25, 0.3) is 0 Å². The van der Waals surface area contributed by atoms with Gasteiger partial charge < -0.3 is 0 Å². The molecule has 32 heavy (non-hydrogen) atoms. The van der Waals surface area contributed by atoms with Gasteiger partial charge >= 0.3 is 0 Å². The zero-order valence-corrected chi connectivity index (χ0v) is 19.4. The van der Waals surface area contributed by atoms with E-state index in [-0.39, 0.29) is 23.4 Å². The molecule has 0 aliphatic heterocycles. The number of hydrogen-bond donors (Lipinski definition) is 0.